The minimum Gasteiger partial charge on any atom is -0.462 e. The molecule has 1 unspecified atom stereocenters. The molecule has 0 saturated carbocycles. The summed E-state index contributed by atoms with van der Waals surface area (Å²) in [5, 5.41) is 9.70. The number of hydrogen-bond acceptors (Lipinski definition) is 5. The summed E-state index contributed by atoms with van der Waals surface area (Å²) >= 11 is 0. The third-order valence-electron chi connectivity index (χ3n) is 15.1. The van der Waals surface area contributed by atoms with Crippen LogP contribution in [0.5, 0.6) is 0 Å². The number of aliphatic hydroxyl groups is 1. The maximum Gasteiger partial charge on any atom is 0.306 e. The monoisotopic (exact) mass is 1110 g/mol. The number of unbranched alkanes of at least 4 members (excludes halogenated alkanes) is 37. The van der Waals surface area contributed by atoms with Gasteiger partial charge in [-0.3, -0.25) is 9.59 Å². The molecule has 0 bridgehead atoms. The zero-order valence-electron chi connectivity index (χ0n) is 52.8. The van der Waals surface area contributed by atoms with Crippen molar-refractivity contribution in [3.05, 3.63) is 109 Å². The van der Waals surface area contributed by atoms with Gasteiger partial charge in [0, 0.05) is 12.8 Å². The zero-order chi connectivity index (χ0) is 57.6. The lowest BCUT2D eigenvalue weighted by Gasteiger charge is -2.15. The van der Waals surface area contributed by atoms with Crippen molar-refractivity contribution in [2.75, 3.05) is 13.2 Å². The minimum atomic E-state index is -0.779. The van der Waals surface area contributed by atoms with Crippen LogP contribution in [-0.2, 0) is 19.1 Å². The van der Waals surface area contributed by atoms with Crippen molar-refractivity contribution in [2.24, 2.45) is 0 Å². The van der Waals surface area contributed by atoms with E-state index in [1.54, 1.807) is 0 Å². The molecule has 0 saturated heterocycles. The molecule has 0 aromatic carbocycles. The smallest absolute Gasteiger partial charge is 0.306 e. The van der Waals surface area contributed by atoms with Gasteiger partial charge in [0.25, 0.3) is 0 Å². The Morgan fingerprint density at radius 1 is 0.300 bits per heavy atom. The molecule has 5 heteroatoms. The van der Waals surface area contributed by atoms with E-state index >= 15 is 0 Å². The number of carbonyl (C=O) groups is 2. The SMILES string of the molecule is CC/C=C\C/C=C\C/C=C\C/C=C\C/C=C\C/C=C\C/C=C\C/C=C\C/C=C\CCCCCCCCCCCCCC(=O)OC(CO)COC(=O)CCCCCCCCCCCCCCCCCCCCCCCCCCCCC. The summed E-state index contributed by atoms with van der Waals surface area (Å²) in [6, 6.07) is 0. The van der Waals surface area contributed by atoms with Crippen molar-refractivity contribution >= 4 is 11.9 Å². The van der Waals surface area contributed by atoms with E-state index in [-0.39, 0.29) is 25.2 Å². The van der Waals surface area contributed by atoms with Gasteiger partial charge < -0.3 is 14.6 Å². The second kappa shape index (κ2) is 69.8. The van der Waals surface area contributed by atoms with E-state index < -0.39 is 6.10 Å². The van der Waals surface area contributed by atoms with Gasteiger partial charge in [-0.05, 0) is 83.5 Å². The van der Waals surface area contributed by atoms with Crippen molar-refractivity contribution in [1.82, 2.24) is 0 Å². The summed E-state index contributed by atoms with van der Waals surface area (Å²) in [6.45, 7) is 4.06. The zero-order valence-corrected chi connectivity index (χ0v) is 52.8. The molecule has 0 fully saturated rings. The van der Waals surface area contributed by atoms with Crippen LogP contribution in [0.2, 0.25) is 0 Å². The van der Waals surface area contributed by atoms with E-state index in [0.717, 1.165) is 96.3 Å². The van der Waals surface area contributed by atoms with Crippen LogP contribution >= 0.6 is 0 Å². The van der Waals surface area contributed by atoms with E-state index in [4.69, 9.17) is 9.47 Å². The van der Waals surface area contributed by atoms with Crippen molar-refractivity contribution in [3.63, 3.8) is 0 Å². The van der Waals surface area contributed by atoms with Crippen LogP contribution in [0.15, 0.2) is 109 Å². The van der Waals surface area contributed by atoms with Crippen LogP contribution in [-0.4, -0.2) is 36.4 Å². The standard InChI is InChI=1S/C75H130O5/c1-3-5-7-9-11-13-15-17-19-21-23-25-27-29-31-32-33-34-35-36-37-38-39-40-41-42-44-46-48-50-52-54-56-58-60-62-64-66-68-70-75(78)80-73(71-76)72-79-74(77)69-67-65-63-61-59-57-55-53-51-49-47-45-43-30-28-26-24-22-20-18-16-14-12-10-8-6-4-2/h5,7,11,13,17,19,23,25,29,31,33-34,36-37,39-40,42,44,73,76H,3-4,6,8-10,12,14-16,18,20-22,24,26-28,30,32,35,38,41,43,45-72H2,1-2H3/b7-5-,13-11-,19-17-,25-23-,31-29-,34-33-,37-36-,40-39-,44-42-. The van der Waals surface area contributed by atoms with Gasteiger partial charge in [0.15, 0.2) is 6.10 Å². The molecule has 460 valence electrons. The van der Waals surface area contributed by atoms with Crippen LogP contribution in [0.25, 0.3) is 0 Å². The molecule has 0 radical (unpaired) electrons. The van der Waals surface area contributed by atoms with Gasteiger partial charge in [-0.15, -0.1) is 0 Å². The first-order chi connectivity index (χ1) is 39.6. The number of esters is 2. The summed E-state index contributed by atoms with van der Waals surface area (Å²) < 4.78 is 10.8. The molecule has 0 aliphatic heterocycles. The van der Waals surface area contributed by atoms with Crippen LogP contribution in [0.4, 0.5) is 0 Å². The third-order valence-corrected chi connectivity index (χ3v) is 15.1. The second-order valence-corrected chi connectivity index (χ2v) is 22.9. The summed E-state index contributed by atoms with van der Waals surface area (Å²) in [6.07, 6.45) is 101. The predicted octanol–water partition coefficient (Wildman–Crippen LogP) is 24.0. The molecule has 1 atom stereocenters. The highest BCUT2D eigenvalue weighted by Crippen LogP contribution is 2.18. The summed E-state index contributed by atoms with van der Waals surface area (Å²) in [4.78, 5) is 24.6. The molecule has 0 aliphatic carbocycles. The fourth-order valence-corrected chi connectivity index (χ4v) is 9.96. The number of rotatable bonds is 63. The number of allylic oxidation sites excluding steroid dienone is 18. The molecule has 0 aromatic rings. The van der Waals surface area contributed by atoms with E-state index in [0.29, 0.717) is 12.8 Å². The van der Waals surface area contributed by atoms with Crippen LogP contribution < -0.4 is 0 Å². The highest BCUT2D eigenvalue weighted by molar-refractivity contribution is 5.70. The Morgan fingerprint density at radius 3 is 0.812 bits per heavy atom. The van der Waals surface area contributed by atoms with Crippen molar-refractivity contribution in [2.45, 2.75) is 341 Å². The fourth-order valence-electron chi connectivity index (χ4n) is 9.96. The number of hydrogen-bond donors (Lipinski definition) is 1. The number of carbonyl (C=O) groups excluding carboxylic acids is 2. The second-order valence-electron chi connectivity index (χ2n) is 22.9. The summed E-state index contributed by atoms with van der Waals surface area (Å²) in [5.41, 5.74) is 0. The number of ether oxygens (including phenoxy) is 2. The van der Waals surface area contributed by atoms with Gasteiger partial charge in [0.05, 0.1) is 6.61 Å². The molecule has 0 aliphatic rings. The fraction of sp³-hybridized carbons (Fsp3) is 0.733. The molecular weight excluding hydrogens is 981 g/mol. The molecular formula is C75H130O5. The van der Waals surface area contributed by atoms with Gasteiger partial charge in [-0.1, -0.05) is 348 Å². The largest absolute Gasteiger partial charge is 0.462 e. The molecule has 1 N–H and O–H groups in total. The Bertz CT molecular complexity index is 1540. The minimum absolute atomic E-state index is 0.0672. The van der Waals surface area contributed by atoms with Gasteiger partial charge in [0.2, 0.25) is 0 Å². The Labute approximate surface area is 497 Å². The quantitative estimate of drug-likeness (QED) is 0.0373. The molecule has 0 spiro atoms. The average Bonchev–Trinajstić information content (AvgIpc) is 3.46. The van der Waals surface area contributed by atoms with Crippen molar-refractivity contribution < 1.29 is 24.2 Å². The van der Waals surface area contributed by atoms with E-state index in [1.165, 1.54) is 212 Å². The topological polar surface area (TPSA) is 72.8 Å². The molecule has 0 amide bonds. The Morgan fingerprint density at radius 2 is 0.537 bits per heavy atom. The third kappa shape index (κ3) is 67.1. The first-order valence-electron chi connectivity index (χ1n) is 34.4. The van der Waals surface area contributed by atoms with Gasteiger partial charge in [-0.2, -0.15) is 0 Å². The van der Waals surface area contributed by atoms with Crippen LogP contribution in [0.1, 0.15) is 335 Å². The lowest BCUT2D eigenvalue weighted by molar-refractivity contribution is -0.161. The van der Waals surface area contributed by atoms with Crippen molar-refractivity contribution in [1.29, 1.82) is 0 Å². The normalized spacial score (nSPS) is 12.9. The molecule has 0 heterocycles. The van der Waals surface area contributed by atoms with Gasteiger partial charge in [0.1, 0.15) is 6.61 Å². The Kier molecular flexibility index (Phi) is 66.8. The van der Waals surface area contributed by atoms with Gasteiger partial charge in [-0.25, -0.2) is 0 Å². The highest BCUT2D eigenvalue weighted by Gasteiger charge is 2.16. The predicted molar refractivity (Wildman–Crippen MR) is 352 cm³/mol. The average molecular weight is 1110 g/mol. The van der Waals surface area contributed by atoms with E-state index in [1.807, 2.05) is 0 Å². The first-order valence-corrected chi connectivity index (χ1v) is 34.4. The molecule has 0 aromatic heterocycles. The maximum atomic E-state index is 12.4. The first kappa shape index (κ1) is 76.6. The van der Waals surface area contributed by atoms with Crippen LogP contribution in [0, 0.1) is 0 Å². The molecule has 80 heavy (non-hydrogen) atoms. The molecule has 0 rings (SSSR count). The summed E-state index contributed by atoms with van der Waals surface area (Å²) in [7, 11) is 0. The molecule has 5 nitrogen and oxygen atoms in total. The van der Waals surface area contributed by atoms with Crippen LogP contribution in [0.3, 0.4) is 0 Å². The van der Waals surface area contributed by atoms with Crippen molar-refractivity contribution in [3.8, 4) is 0 Å². The summed E-state index contributed by atoms with van der Waals surface area (Å²) in [5.74, 6) is -0.583. The maximum absolute atomic E-state index is 12.4. The lowest BCUT2D eigenvalue weighted by atomic mass is 10.0. The number of aliphatic hydroxyl groups excluding tert-OH is 1. The lowest BCUT2D eigenvalue weighted by Crippen LogP contribution is -2.28. The Balaban J connectivity index is 3.50. The van der Waals surface area contributed by atoms with E-state index in [9.17, 15) is 14.7 Å². The van der Waals surface area contributed by atoms with E-state index in [2.05, 4.69) is 123 Å². The van der Waals surface area contributed by atoms with Gasteiger partial charge >= 0.3 is 11.9 Å². The Hall–Kier alpha value is -3.44. The highest BCUT2D eigenvalue weighted by atomic mass is 16.6.